The lowest BCUT2D eigenvalue weighted by Gasteiger charge is -2.10. The van der Waals surface area contributed by atoms with Crippen LogP contribution in [0.2, 0.25) is 0 Å². The standard InChI is InChI=1S/C14H18N4O2/c1-10(6-7-13(19)20)8-9-15-14-16-11-4-2-3-5-12(11)17-18-14/h2-5,10H,6-9H2,1H3,(H,19,20)(H,15,16,18). The van der Waals surface area contributed by atoms with Gasteiger partial charge in [-0.3, -0.25) is 4.79 Å². The van der Waals surface area contributed by atoms with Crippen molar-refractivity contribution in [2.75, 3.05) is 11.9 Å². The molecule has 106 valence electrons. The van der Waals surface area contributed by atoms with Gasteiger partial charge in [0.05, 0.1) is 5.52 Å². The molecule has 0 aliphatic rings. The molecule has 1 heterocycles. The number of nitrogens with one attached hydrogen (secondary N) is 1. The van der Waals surface area contributed by atoms with Gasteiger partial charge in [0.2, 0.25) is 5.95 Å². The highest BCUT2D eigenvalue weighted by molar-refractivity contribution is 5.74. The van der Waals surface area contributed by atoms with Gasteiger partial charge in [0, 0.05) is 13.0 Å². The second-order valence-corrected chi connectivity index (χ2v) is 4.88. The number of benzene rings is 1. The maximum atomic E-state index is 10.5. The van der Waals surface area contributed by atoms with E-state index in [0.29, 0.717) is 24.8 Å². The normalized spacial score (nSPS) is 12.2. The smallest absolute Gasteiger partial charge is 0.303 e. The lowest BCUT2D eigenvalue weighted by molar-refractivity contribution is -0.137. The van der Waals surface area contributed by atoms with Crippen LogP contribution in [0.3, 0.4) is 0 Å². The van der Waals surface area contributed by atoms with Crippen molar-refractivity contribution in [3.8, 4) is 0 Å². The van der Waals surface area contributed by atoms with Gasteiger partial charge in [-0.2, -0.15) is 0 Å². The van der Waals surface area contributed by atoms with E-state index in [-0.39, 0.29) is 6.42 Å². The number of carboxylic acid groups (broad SMARTS) is 1. The zero-order chi connectivity index (χ0) is 14.4. The summed E-state index contributed by atoms with van der Waals surface area (Å²) in [5, 5.41) is 19.8. The minimum atomic E-state index is -0.744. The van der Waals surface area contributed by atoms with E-state index in [1.54, 1.807) is 0 Å². The molecule has 0 aliphatic carbocycles. The molecule has 0 spiro atoms. The molecule has 2 aromatic rings. The topological polar surface area (TPSA) is 88.0 Å². The fraction of sp³-hybridized carbons (Fsp3) is 0.429. The Balaban J connectivity index is 1.82. The maximum Gasteiger partial charge on any atom is 0.303 e. The fourth-order valence-corrected chi connectivity index (χ4v) is 1.90. The number of fused-ring (bicyclic) bond motifs is 1. The molecule has 0 amide bonds. The summed E-state index contributed by atoms with van der Waals surface area (Å²) in [6, 6.07) is 7.57. The van der Waals surface area contributed by atoms with Crippen LogP contribution in [-0.2, 0) is 4.79 Å². The minimum absolute atomic E-state index is 0.217. The molecular formula is C14H18N4O2. The number of rotatable bonds is 7. The van der Waals surface area contributed by atoms with Crippen molar-refractivity contribution in [1.29, 1.82) is 0 Å². The van der Waals surface area contributed by atoms with Crippen LogP contribution in [-0.4, -0.2) is 32.8 Å². The van der Waals surface area contributed by atoms with Gasteiger partial charge in [0.25, 0.3) is 0 Å². The Hall–Kier alpha value is -2.24. The molecule has 2 N–H and O–H groups in total. The van der Waals surface area contributed by atoms with Crippen molar-refractivity contribution >= 4 is 23.0 Å². The van der Waals surface area contributed by atoms with Crippen LogP contribution in [0.4, 0.5) is 5.95 Å². The number of aromatic nitrogens is 3. The molecule has 1 aromatic heterocycles. The van der Waals surface area contributed by atoms with Crippen LogP contribution in [0.1, 0.15) is 26.2 Å². The molecule has 0 fully saturated rings. The number of carbonyl (C=O) groups is 1. The average molecular weight is 274 g/mol. The fourth-order valence-electron chi connectivity index (χ4n) is 1.90. The lowest BCUT2D eigenvalue weighted by Crippen LogP contribution is -2.10. The monoisotopic (exact) mass is 274 g/mol. The Kier molecular flexibility index (Phi) is 4.81. The molecule has 1 unspecified atom stereocenters. The van der Waals surface area contributed by atoms with Gasteiger partial charge < -0.3 is 10.4 Å². The van der Waals surface area contributed by atoms with E-state index in [2.05, 4.69) is 20.5 Å². The first-order valence-corrected chi connectivity index (χ1v) is 6.70. The van der Waals surface area contributed by atoms with Gasteiger partial charge in [-0.25, -0.2) is 4.98 Å². The highest BCUT2D eigenvalue weighted by Crippen LogP contribution is 2.12. The Morgan fingerprint density at radius 1 is 1.25 bits per heavy atom. The number of para-hydroxylation sites is 1. The van der Waals surface area contributed by atoms with Crippen molar-refractivity contribution in [1.82, 2.24) is 15.2 Å². The first-order chi connectivity index (χ1) is 9.65. The molecule has 0 saturated heterocycles. The van der Waals surface area contributed by atoms with Gasteiger partial charge in [0.15, 0.2) is 0 Å². The molecule has 2 rings (SSSR count). The molecule has 1 aromatic carbocycles. The summed E-state index contributed by atoms with van der Waals surface area (Å²) >= 11 is 0. The summed E-state index contributed by atoms with van der Waals surface area (Å²) in [7, 11) is 0. The Morgan fingerprint density at radius 2 is 2.00 bits per heavy atom. The van der Waals surface area contributed by atoms with E-state index in [4.69, 9.17) is 5.11 Å². The largest absolute Gasteiger partial charge is 0.481 e. The maximum absolute atomic E-state index is 10.5. The molecule has 6 heteroatoms. The van der Waals surface area contributed by atoms with E-state index in [1.807, 2.05) is 31.2 Å². The molecule has 0 radical (unpaired) electrons. The van der Waals surface area contributed by atoms with E-state index in [1.165, 1.54) is 0 Å². The van der Waals surface area contributed by atoms with E-state index >= 15 is 0 Å². The van der Waals surface area contributed by atoms with Gasteiger partial charge in [-0.1, -0.05) is 19.1 Å². The number of hydrogen-bond donors (Lipinski definition) is 2. The zero-order valence-electron chi connectivity index (χ0n) is 11.4. The molecule has 6 nitrogen and oxygen atoms in total. The van der Waals surface area contributed by atoms with Crippen molar-refractivity contribution < 1.29 is 9.90 Å². The summed E-state index contributed by atoms with van der Waals surface area (Å²) < 4.78 is 0. The van der Waals surface area contributed by atoms with Crippen LogP contribution in [0.5, 0.6) is 0 Å². The predicted octanol–water partition coefficient (Wildman–Crippen LogP) is 2.33. The summed E-state index contributed by atoms with van der Waals surface area (Å²) in [5.74, 6) is 0.119. The number of carboxylic acids is 1. The minimum Gasteiger partial charge on any atom is -0.481 e. The SMILES string of the molecule is CC(CCNc1nnc2ccccc2n1)CCC(=O)O. The van der Waals surface area contributed by atoms with E-state index < -0.39 is 5.97 Å². The third kappa shape index (κ3) is 4.15. The van der Waals surface area contributed by atoms with Gasteiger partial charge in [-0.05, 0) is 30.9 Å². The molecule has 0 saturated carbocycles. The summed E-state index contributed by atoms with van der Waals surface area (Å²) in [5.41, 5.74) is 1.58. The number of hydrogen-bond acceptors (Lipinski definition) is 5. The lowest BCUT2D eigenvalue weighted by atomic mass is 10.0. The van der Waals surface area contributed by atoms with Crippen molar-refractivity contribution in [3.63, 3.8) is 0 Å². The van der Waals surface area contributed by atoms with Crippen LogP contribution in [0, 0.1) is 5.92 Å². The van der Waals surface area contributed by atoms with Crippen molar-refractivity contribution in [2.45, 2.75) is 26.2 Å². The van der Waals surface area contributed by atoms with Crippen LogP contribution in [0.25, 0.3) is 11.0 Å². The van der Waals surface area contributed by atoms with Crippen molar-refractivity contribution in [2.24, 2.45) is 5.92 Å². The van der Waals surface area contributed by atoms with Crippen molar-refractivity contribution in [3.05, 3.63) is 24.3 Å². The van der Waals surface area contributed by atoms with E-state index in [9.17, 15) is 4.79 Å². The highest BCUT2D eigenvalue weighted by Gasteiger charge is 2.06. The predicted molar refractivity (Wildman–Crippen MR) is 76.5 cm³/mol. The van der Waals surface area contributed by atoms with Crippen LogP contribution in [0.15, 0.2) is 24.3 Å². The average Bonchev–Trinajstić information content (AvgIpc) is 2.45. The molecule has 0 aliphatic heterocycles. The summed E-state index contributed by atoms with van der Waals surface area (Å²) in [6.45, 7) is 2.75. The molecule has 1 atom stereocenters. The van der Waals surface area contributed by atoms with Crippen LogP contribution < -0.4 is 5.32 Å². The van der Waals surface area contributed by atoms with Gasteiger partial charge in [0.1, 0.15) is 5.52 Å². The summed E-state index contributed by atoms with van der Waals surface area (Å²) in [6.07, 6.45) is 1.78. The van der Waals surface area contributed by atoms with Gasteiger partial charge >= 0.3 is 5.97 Å². The quantitative estimate of drug-likeness (QED) is 0.805. The Morgan fingerprint density at radius 3 is 2.75 bits per heavy atom. The number of nitrogens with zero attached hydrogens (tertiary/aromatic N) is 3. The number of anilines is 1. The second kappa shape index (κ2) is 6.79. The highest BCUT2D eigenvalue weighted by atomic mass is 16.4. The second-order valence-electron chi connectivity index (χ2n) is 4.88. The first kappa shape index (κ1) is 14.2. The number of aliphatic carboxylic acids is 1. The molecule has 20 heavy (non-hydrogen) atoms. The summed E-state index contributed by atoms with van der Waals surface area (Å²) in [4.78, 5) is 14.8. The third-order valence-corrected chi connectivity index (χ3v) is 3.13. The molecular weight excluding hydrogens is 256 g/mol. The molecule has 0 bridgehead atoms. The van der Waals surface area contributed by atoms with Gasteiger partial charge in [-0.15, -0.1) is 10.2 Å². The van der Waals surface area contributed by atoms with Crippen LogP contribution >= 0.6 is 0 Å². The first-order valence-electron chi connectivity index (χ1n) is 6.70. The Labute approximate surface area is 117 Å². The Bertz CT molecular complexity index is 588. The zero-order valence-corrected chi connectivity index (χ0v) is 11.4. The third-order valence-electron chi connectivity index (χ3n) is 3.13. The van der Waals surface area contributed by atoms with E-state index in [0.717, 1.165) is 17.5 Å².